The molecule has 3 fully saturated rings. The molecule has 0 aromatic heterocycles. The number of piperidine rings is 3. The number of carbonyl (C=O) groups is 2. The lowest BCUT2D eigenvalue weighted by molar-refractivity contribution is -0.149. The van der Waals surface area contributed by atoms with Crippen LogP contribution in [0.3, 0.4) is 0 Å². The fourth-order valence-corrected chi connectivity index (χ4v) is 4.98. The van der Waals surface area contributed by atoms with E-state index in [1.807, 2.05) is 30.3 Å². The Hall–Kier alpha value is -1.79. The van der Waals surface area contributed by atoms with Crippen LogP contribution in [0.5, 0.6) is 5.75 Å². The fraction of sp³-hybridized carbons (Fsp3) is 0.619. The molecule has 0 saturated carbocycles. The minimum absolute atomic E-state index is 0. The normalized spacial score (nSPS) is 28.7. The molecule has 28 heavy (non-hydrogen) atoms. The average Bonchev–Trinajstić information content (AvgIpc) is 2.69. The van der Waals surface area contributed by atoms with Gasteiger partial charge >= 0.3 is 0 Å². The van der Waals surface area contributed by atoms with Crippen molar-refractivity contribution in [2.24, 2.45) is 11.8 Å². The second-order valence-corrected chi connectivity index (χ2v) is 7.96. The molecule has 0 radical (unpaired) electrons. The molecule has 3 aliphatic rings. The highest BCUT2D eigenvalue weighted by atomic mass is 35.5. The molecule has 3 aliphatic heterocycles. The Morgan fingerprint density at radius 2 is 2.00 bits per heavy atom. The zero-order chi connectivity index (χ0) is 18.6. The van der Waals surface area contributed by atoms with Crippen LogP contribution in [0.15, 0.2) is 30.3 Å². The van der Waals surface area contributed by atoms with Gasteiger partial charge in [0.05, 0.1) is 19.1 Å². The van der Waals surface area contributed by atoms with E-state index in [1.165, 1.54) is 6.42 Å². The van der Waals surface area contributed by atoms with Crippen LogP contribution >= 0.6 is 12.4 Å². The van der Waals surface area contributed by atoms with Crippen molar-refractivity contribution in [3.63, 3.8) is 0 Å². The number of nitrogens with one attached hydrogen (secondary N) is 2. The van der Waals surface area contributed by atoms with E-state index in [4.69, 9.17) is 4.74 Å². The van der Waals surface area contributed by atoms with Crippen molar-refractivity contribution in [1.29, 1.82) is 0 Å². The third kappa shape index (κ3) is 4.61. The molecule has 154 valence electrons. The lowest BCUT2D eigenvalue weighted by atomic mass is 9.72. The van der Waals surface area contributed by atoms with Crippen LogP contribution in [0.4, 0.5) is 0 Å². The summed E-state index contributed by atoms with van der Waals surface area (Å²) in [5.41, 5.74) is 0. The first-order valence-corrected chi connectivity index (χ1v) is 10.2. The maximum atomic E-state index is 12.6. The molecular formula is C21H30ClN3O3. The van der Waals surface area contributed by atoms with Gasteiger partial charge in [-0.05, 0) is 49.8 Å². The standard InChI is InChI=1S/C21H29N3O3.ClH/c25-20(9-10-27-17-5-2-1-3-6-17)23-14-19-16-11-15(12-22-13-16)18-7-4-8-21(26)24(18)19;/h1-3,5-6,15-16,18-19,22H,4,7-14H2,(H,23,25);1H/t15-,16+,18+,19+;/m1./s1. The van der Waals surface area contributed by atoms with Crippen molar-refractivity contribution in [2.45, 2.75) is 44.2 Å². The van der Waals surface area contributed by atoms with Crippen molar-refractivity contribution in [3.05, 3.63) is 30.3 Å². The minimum atomic E-state index is -0.0159. The van der Waals surface area contributed by atoms with Crippen molar-refractivity contribution in [1.82, 2.24) is 15.5 Å². The Morgan fingerprint density at radius 1 is 1.21 bits per heavy atom. The van der Waals surface area contributed by atoms with E-state index >= 15 is 0 Å². The van der Waals surface area contributed by atoms with E-state index in [2.05, 4.69) is 15.5 Å². The zero-order valence-corrected chi connectivity index (χ0v) is 17.0. The summed E-state index contributed by atoms with van der Waals surface area (Å²) in [5, 5.41) is 6.59. The van der Waals surface area contributed by atoms with Gasteiger partial charge in [0.15, 0.2) is 0 Å². The second kappa shape index (κ2) is 9.61. The SMILES string of the molecule is Cl.O=C(CCOc1ccccc1)NC[C@H]1[C@@H]2CNC[C@@H](C2)[C@@H]2CCCC(=O)N21. The highest BCUT2D eigenvalue weighted by Crippen LogP contribution is 2.39. The molecule has 6 nitrogen and oxygen atoms in total. The van der Waals surface area contributed by atoms with Gasteiger partial charge in [-0.15, -0.1) is 12.4 Å². The monoisotopic (exact) mass is 407 g/mol. The number of hydrogen-bond donors (Lipinski definition) is 2. The highest BCUT2D eigenvalue weighted by Gasteiger charge is 2.47. The minimum Gasteiger partial charge on any atom is -0.493 e. The molecule has 0 aliphatic carbocycles. The molecule has 2 N–H and O–H groups in total. The smallest absolute Gasteiger partial charge is 0.223 e. The Kier molecular flexibility index (Phi) is 7.18. The number of hydrogen-bond acceptors (Lipinski definition) is 4. The largest absolute Gasteiger partial charge is 0.493 e. The molecule has 2 bridgehead atoms. The van der Waals surface area contributed by atoms with Crippen LogP contribution in [0.25, 0.3) is 0 Å². The van der Waals surface area contributed by atoms with Gasteiger partial charge in [0.25, 0.3) is 0 Å². The van der Waals surface area contributed by atoms with Gasteiger partial charge in [0.1, 0.15) is 5.75 Å². The van der Waals surface area contributed by atoms with E-state index in [9.17, 15) is 9.59 Å². The molecular weight excluding hydrogens is 378 g/mol. The van der Waals surface area contributed by atoms with Crippen LogP contribution in [0.2, 0.25) is 0 Å². The summed E-state index contributed by atoms with van der Waals surface area (Å²) in [7, 11) is 0. The summed E-state index contributed by atoms with van der Waals surface area (Å²) in [6, 6.07) is 9.99. The van der Waals surface area contributed by atoms with Crippen molar-refractivity contribution in [3.8, 4) is 5.75 Å². The number of para-hydroxylation sites is 1. The maximum Gasteiger partial charge on any atom is 0.223 e. The lowest BCUT2D eigenvalue weighted by Gasteiger charge is -2.54. The summed E-state index contributed by atoms with van der Waals surface area (Å²) in [6.45, 7) is 2.86. The third-order valence-electron chi connectivity index (χ3n) is 6.25. The molecule has 3 heterocycles. The van der Waals surface area contributed by atoms with Gasteiger partial charge < -0.3 is 20.3 Å². The number of fused-ring (bicyclic) bond motifs is 4. The Morgan fingerprint density at radius 3 is 2.82 bits per heavy atom. The number of ether oxygens (including phenoxy) is 1. The third-order valence-corrected chi connectivity index (χ3v) is 6.25. The molecule has 0 unspecified atom stereocenters. The van der Waals surface area contributed by atoms with Gasteiger partial charge in [-0.1, -0.05) is 18.2 Å². The predicted octanol–water partition coefficient (Wildman–Crippen LogP) is 1.98. The van der Waals surface area contributed by atoms with Crippen molar-refractivity contribution < 1.29 is 14.3 Å². The number of amides is 2. The highest BCUT2D eigenvalue weighted by molar-refractivity contribution is 5.85. The summed E-state index contributed by atoms with van der Waals surface area (Å²) in [5.74, 6) is 2.04. The average molecular weight is 408 g/mol. The molecule has 1 aromatic rings. The fourth-order valence-electron chi connectivity index (χ4n) is 4.98. The zero-order valence-electron chi connectivity index (χ0n) is 16.1. The first kappa shape index (κ1) is 20.9. The molecule has 0 spiro atoms. The summed E-state index contributed by atoms with van der Waals surface area (Å²) in [4.78, 5) is 27.0. The number of carbonyl (C=O) groups excluding carboxylic acids is 2. The van der Waals surface area contributed by atoms with Gasteiger partial charge in [-0.25, -0.2) is 0 Å². The Labute approximate surface area is 172 Å². The van der Waals surface area contributed by atoms with Gasteiger partial charge in [0.2, 0.25) is 11.8 Å². The molecule has 3 saturated heterocycles. The second-order valence-electron chi connectivity index (χ2n) is 7.96. The number of nitrogens with zero attached hydrogens (tertiary/aromatic N) is 1. The predicted molar refractivity (Wildman–Crippen MR) is 110 cm³/mol. The van der Waals surface area contributed by atoms with E-state index < -0.39 is 0 Å². The summed E-state index contributed by atoms with van der Waals surface area (Å²) >= 11 is 0. The number of rotatable bonds is 6. The lowest BCUT2D eigenvalue weighted by Crippen LogP contribution is -2.66. The van der Waals surface area contributed by atoms with Crippen molar-refractivity contribution in [2.75, 3.05) is 26.2 Å². The Balaban J connectivity index is 0.00000225. The first-order valence-electron chi connectivity index (χ1n) is 10.2. The van der Waals surface area contributed by atoms with Crippen molar-refractivity contribution >= 4 is 24.2 Å². The molecule has 4 rings (SSSR count). The van der Waals surface area contributed by atoms with Crippen LogP contribution in [-0.2, 0) is 9.59 Å². The Bertz CT molecular complexity index is 672. The van der Waals surface area contributed by atoms with Crippen LogP contribution < -0.4 is 15.4 Å². The number of benzene rings is 1. The maximum absolute atomic E-state index is 12.6. The van der Waals surface area contributed by atoms with E-state index in [0.717, 1.165) is 31.7 Å². The van der Waals surface area contributed by atoms with Gasteiger partial charge in [0, 0.05) is 25.6 Å². The first-order chi connectivity index (χ1) is 13.2. The van der Waals surface area contributed by atoms with E-state index in [0.29, 0.717) is 43.9 Å². The quantitative estimate of drug-likeness (QED) is 0.756. The topological polar surface area (TPSA) is 70.7 Å². The summed E-state index contributed by atoms with van der Waals surface area (Å²) in [6.07, 6.45) is 4.24. The molecule has 7 heteroatoms. The van der Waals surface area contributed by atoms with Crippen LogP contribution in [0.1, 0.15) is 32.1 Å². The van der Waals surface area contributed by atoms with E-state index in [-0.39, 0.29) is 30.3 Å². The van der Waals surface area contributed by atoms with E-state index in [1.54, 1.807) is 0 Å². The summed E-state index contributed by atoms with van der Waals surface area (Å²) < 4.78 is 5.60. The van der Waals surface area contributed by atoms with Crippen LogP contribution in [0, 0.1) is 11.8 Å². The van der Waals surface area contributed by atoms with Crippen LogP contribution in [-0.4, -0.2) is 55.0 Å². The van der Waals surface area contributed by atoms with Gasteiger partial charge in [-0.2, -0.15) is 0 Å². The van der Waals surface area contributed by atoms with Gasteiger partial charge in [-0.3, -0.25) is 9.59 Å². The molecule has 2 amide bonds. The number of halogens is 1. The molecule has 1 aromatic carbocycles. The molecule has 4 atom stereocenters.